The fourth-order valence-corrected chi connectivity index (χ4v) is 6.80. The fourth-order valence-electron chi connectivity index (χ4n) is 5.52. The quantitative estimate of drug-likeness (QED) is 0.231. The summed E-state index contributed by atoms with van der Waals surface area (Å²) >= 11 is 1.90. The van der Waals surface area contributed by atoms with Gasteiger partial charge in [-0.15, -0.1) is 11.3 Å². The molecule has 0 aliphatic carbocycles. The van der Waals surface area contributed by atoms with Gasteiger partial charge in [0.1, 0.15) is 0 Å². The third-order valence-electron chi connectivity index (χ3n) is 7.07. The van der Waals surface area contributed by atoms with Crippen LogP contribution in [0, 0.1) is 0 Å². The lowest BCUT2D eigenvalue weighted by Gasteiger charge is -2.23. The first-order valence-electron chi connectivity index (χ1n) is 12.6. The van der Waals surface area contributed by atoms with Crippen LogP contribution < -0.4 is 0 Å². The molecule has 0 saturated carbocycles. The highest BCUT2D eigenvalue weighted by Crippen LogP contribution is 2.54. The van der Waals surface area contributed by atoms with E-state index in [1.807, 2.05) is 11.3 Å². The van der Waals surface area contributed by atoms with Crippen molar-refractivity contribution in [3.63, 3.8) is 0 Å². The van der Waals surface area contributed by atoms with Crippen molar-refractivity contribution in [1.29, 1.82) is 0 Å². The Morgan fingerprint density at radius 1 is 0.324 bits per heavy atom. The number of hydrogen-bond donors (Lipinski definition) is 0. The summed E-state index contributed by atoms with van der Waals surface area (Å²) in [7, 11) is 0. The summed E-state index contributed by atoms with van der Waals surface area (Å²) in [6, 6.07) is 52.5. The van der Waals surface area contributed by atoms with E-state index in [9.17, 15) is 0 Å². The van der Waals surface area contributed by atoms with Gasteiger partial charge in [-0.2, -0.15) is 0 Å². The molecule has 0 spiro atoms. The minimum atomic E-state index is 1.23. The van der Waals surface area contributed by atoms with Crippen LogP contribution in [0.15, 0.2) is 146 Å². The Labute approximate surface area is 221 Å². The molecule has 0 aliphatic rings. The maximum atomic E-state index is 2.28. The summed E-state index contributed by atoms with van der Waals surface area (Å²) in [6.45, 7) is 0. The van der Waals surface area contributed by atoms with E-state index in [0.717, 1.165) is 0 Å². The van der Waals surface area contributed by atoms with Crippen molar-refractivity contribution in [2.75, 3.05) is 0 Å². The van der Waals surface area contributed by atoms with Gasteiger partial charge in [0.25, 0.3) is 0 Å². The van der Waals surface area contributed by atoms with E-state index >= 15 is 0 Å². The molecule has 0 fully saturated rings. The van der Waals surface area contributed by atoms with Crippen molar-refractivity contribution in [2.45, 2.75) is 0 Å². The van der Waals surface area contributed by atoms with Crippen molar-refractivity contribution < 1.29 is 0 Å². The molecule has 0 saturated heterocycles. The zero-order chi connectivity index (χ0) is 24.6. The molecular formula is C36H24S. The Hall–Kier alpha value is -4.46. The van der Waals surface area contributed by atoms with Crippen molar-refractivity contribution in [2.24, 2.45) is 0 Å². The number of benzene rings is 6. The smallest absolute Gasteiger partial charge is 0.0446 e. The first-order chi connectivity index (χ1) is 18.4. The van der Waals surface area contributed by atoms with Crippen molar-refractivity contribution in [3.8, 4) is 44.5 Å². The van der Waals surface area contributed by atoms with E-state index in [-0.39, 0.29) is 0 Å². The zero-order valence-electron chi connectivity index (χ0n) is 20.3. The molecule has 0 aliphatic heterocycles. The third-order valence-corrected chi connectivity index (χ3v) is 8.26. The van der Waals surface area contributed by atoms with Crippen molar-refractivity contribution in [1.82, 2.24) is 0 Å². The highest BCUT2D eigenvalue weighted by Gasteiger charge is 2.26. The first kappa shape index (κ1) is 21.8. The summed E-state index contributed by atoms with van der Waals surface area (Å²) in [5.74, 6) is 0. The van der Waals surface area contributed by atoms with Gasteiger partial charge in [0.2, 0.25) is 0 Å². The molecule has 0 bridgehead atoms. The number of hydrogen-bond acceptors (Lipinski definition) is 1. The van der Waals surface area contributed by atoms with Gasteiger partial charge in [0.15, 0.2) is 0 Å². The van der Waals surface area contributed by atoms with Gasteiger partial charge < -0.3 is 0 Å². The maximum Gasteiger partial charge on any atom is 0.0446 e. The molecule has 174 valence electrons. The lowest BCUT2D eigenvalue weighted by atomic mass is 9.80. The molecule has 7 rings (SSSR count). The molecule has 6 aromatic carbocycles. The second-order valence-corrected chi connectivity index (χ2v) is 10.3. The molecule has 7 aromatic rings. The molecule has 0 radical (unpaired) electrons. The Balaban J connectivity index is 1.81. The Bertz CT molecular complexity index is 1830. The van der Waals surface area contributed by atoms with Crippen LogP contribution in [-0.2, 0) is 0 Å². The van der Waals surface area contributed by atoms with E-state index in [1.165, 1.54) is 64.7 Å². The van der Waals surface area contributed by atoms with Crippen LogP contribution in [0.5, 0.6) is 0 Å². The molecule has 37 heavy (non-hydrogen) atoms. The van der Waals surface area contributed by atoms with Gasteiger partial charge in [0.05, 0.1) is 0 Å². The van der Waals surface area contributed by atoms with E-state index in [1.54, 1.807) is 0 Å². The molecule has 1 heterocycles. The number of rotatable bonds is 4. The van der Waals surface area contributed by atoms with Gasteiger partial charge in [0, 0.05) is 25.7 Å². The topological polar surface area (TPSA) is 0 Å². The van der Waals surface area contributed by atoms with E-state index < -0.39 is 0 Å². The number of thiophene rings is 1. The van der Waals surface area contributed by atoms with Crippen LogP contribution >= 0.6 is 11.3 Å². The normalized spacial score (nSPS) is 11.2. The van der Waals surface area contributed by atoms with Crippen molar-refractivity contribution in [3.05, 3.63) is 146 Å². The van der Waals surface area contributed by atoms with Crippen LogP contribution in [0.4, 0.5) is 0 Å². The molecule has 1 aromatic heterocycles. The zero-order valence-corrected chi connectivity index (χ0v) is 21.1. The molecule has 1 heteroatoms. The van der Waals surface area contributed by atoms with Gasteiger partial charge >= 0.3 is 0 Å². The van der Waals surface area contributed by atoms with E-state index in [4.69, 9.17) is 0 Å². The summed E-state index contributed by atoms with van der Waals surface area (Å²) < 4.78 is 2.65. The molecule has 0 amide bonds. The maximum absolute atomic E-state index is 2.28. The van der Waals surface area contributed by atoms with Crippen LogP contribution in [-0.4, -0.2) is 0 Å². The predicted octanol–water partition coefficient (Wildman–Crippen LogP) is 10.7. The fraction of sp³-hybridized carbons (Fsp3) is 0. The minimum absolute atomic E-state index is 1.23. The molecular weight excluding hydrogens is 464 g/mol. The van der Waals surface area contributed by atoms with Gasteiger partial charge in [-0.1, -0.05) is 140 Å². The molecule has 0 unspecified atom stereocenters. The van der Waals surface area contributed by atoms with Crippen LogP contribution in [0.1, 0.15) is 0 Å². The third kappa shape index (κ3) is 3.67. The summed E-state index contributed by atoms with van der Waals surface area (Å²) in [4.78, 5) is 0. The molecule has 0 atom stereocenters. The SMILES string of the molecule is c1ccc(-c2c(-c3ccccc3)c(-c3ccccc3)c3c(sc4ccccc43)c2-c2ccccc2)cc1. The second-order valence-electron chi connectivity index (χ2n) is 9.27. The highest BCUT2D eigenvalue weighted by atomic mass is 32.1. The van der Waals surface area contributed by atoms with Crippen LogP contribution in [0.3, 0.4) is 0 Å². The summed E-state index contributed by atoms with van der Waals surface area (Å²) in [5.41, 5.74) is 10.1. The number of fused-ring (bicyclic) bond motifs is 3. The standard InChI is InChI=1S/C36H24S/c1-5-15-25(16-6-1)31-32(26-17-7-2-8-18-26)34(28-21-11-4-12-22-28)36-35(29-23-13-14-24-30(29)37-36)33(31)27-19-9-3-10-20-27/h1-24H. The lowest BCUT2D eigenvalue weighted by Crippen LogP contribution is -1.96. The Kier molecular flexibility index (Phi) is 5.42. The van der Waals surface area contributed by atoms with E-state index in [0.29, 0.717) is 0 Å². The average molecular weight is 489 g/mol. The Morgan fingerprint density at radius 3 is 1.22 bits per heavy atom. The molecule has 0 nitrogen and oxygen atoms in total. The highest BCUT2D eigenvalue weighted by molar-refractivity contribution is 7.26. The van der Waals surface area contributed by atoms with E-state index in [2.05, 4.69) is 146 Å². The summed E-state index contributed by atoms with van der Waals surface area (Å²) in [5, 5.41) is 2.65. The Morgan fingerprint density at radius 2 is 0.703 bits per heavy atom. The second kappa shape index (κ2) is 9.20. The summed E-state index contributed by atoms with van der Waals surface area (Å²) in [6.07, 6.45) is 0. The van der Waals surface area contributed by atoms with Gasteiger partial charge in [-0.05, 0) is 45.0 Å². The van der Waals surface area contributed by atoms with Crippen LogP contribution in [0.2, 0.25) is 0 Å². The first-order valence-corrected chi connectivity index (χ1v) is 13.4. The van der Waals surface area contributed by atoms with Gasteiger partial charge in [-0.25, -0.2) is 0 Å². The van der Waals surface area contributed by atoms with Crippen LogP contribution in [0.25, 0.3) is 64.7 Å². The molecule has 0 N–H and O–H groups in total. The average Bonchev–Trinajstić information content (AvgIpc) is 3.37. The minimum Gasteiger partial charge on any atom is -0.134 e. The predicted molar refractivity (Wildman–Crippen MR) is 161 cm³/mol. The lowest BCUT2D eigenvalue weighted by molar-refractivity contribution is 1.58. The van der Waals surface area contributed by atoms with Crippen molar-refractivity contribution >= 4 is 31.5 Å². The largest absolute Gasteiger partial charge is 0.134 e. The van der Waals surface area contributed by atoms with Gasteiger partial charge in [-0.3, -0.25) is 0 Å². The monoisotopic (exact) mass is 488 g/mol.